The quantitative estimate of drug-likeness (QED) is 0.850. The summed E-state index contributed by atoms with van der Waals surface area (Å²) in [6, 6.07) is 6.68. The molecule has 1 saturated carbocycles. The van der Waals surface area contributed by atoms with Gasteiger partial charge in [0.15, 0.2) is 11.5 Å². The first-order valence-electron chi connectivity index (χ1n) is 7.29. The summed E-state index contributed by atoms with van der Waals surface area (Å²) in [5, 5.41) is 3.41. The van der Waals surface area contributed by atoms with Crippen molar-refractivity contribution in [3.63, 3.8) is 0 Å². The number of aromatic nitrogens is 2. The van der Waals surface area contributed by atoms with Gasteiger partial charge < -0.3 is 19.4 Å². The van der Waals surface area contributed by atoms with Crippen molar-refractivity contribution in [3.8, 4) is 11.5 Å². The van der Waals surface area contributed by atoms with Crippen molar-refractivity contribution in [1.29, 1.82) is 0 Å². The Labute approximate surface area is 124 Å². The molecule has 0 aliphatic heterocycles. The zero-order valence-electron chi connectivity index (χ0n) is 12.5. The second-order valence-corrected chi connectivity index (χ2v) is 5.26. The summed E-state index contributed by atoms with van der Waals surface area (Å²) in [7, 11) is 3.31. The Morgan fingerprint density at radius 3 is 2.76 bits per heavy atom. The van der Waals surface area contributed by atoms with E-state index in [4.69, 9.17) is 9.47 Å². The van der Waals surface area contributed by atoms with E-state index in [9.17, 15) is 0 Å². The smallest absolute Gasteiger partial charge is 0.203 e. The summed E-state index contributed by atoms with van der Waals surface area (Å²) in [6.07, 6.45) is 7.35. The number of hydrogen-bond acceptors (Lipinski definition) is 4. The third kappa shape index (κ3) is 3.12. The van der Waals surface area contributed by atoms with Crippen LogP contribution in [-0.2, 0) is 6.42 Å². The maximum Gasteiger partial charge on any atom is 0.203 e. The van der Waals surface area contributed by atoms with Gasteiger partial charge in [-0.1, -0.05) is 6.07 Å². The van der Waals surface area contributed by atoms with E-state index in [1.807, 2.05) is 18.3 Å². The normalized spacial score (nSPS) is 14.0. The zero-order chi connectivity index (χ0) is 14.7. The molecule has 112 valence electrons. The molecular weight excluding hydrogens is 266 g/mol. The van der Waals surface area contributed by atoms with Gasteiger partial charge in [-0.3, -0.25) is 0 Å². The van der Waals surface area contributed by atoms with Gasteiger partial charge in [0.25, 0.3) is 0 Å². The molecular formula is C16H21N3O2. The van der Waals surface area contributed by atoms with Gasteiger partial charge in [-0.15, -0.1) is 0 Å². The average Bonchev–Trinajstić information content (AvgIpc) is 3.26. The van der Waals surface area contributed by atoms with Crippen LogP contribution in [0.2, 0.25) is 0 Å². The molecule has 1 aromatic carbocycles. The predicted molar refractivity (Wildman–Crippen MR) is 82.2 cm³/mol. The second kappa shape index (κ2) is 6.08. The molecule has 1 N–H and O–H groups in total. The standard InChI is InChI=1S/C16H21N3O2/c1-20-14-6-3-12(11-15(14)21-2)7-8-17-16-18-9-10-19(16)13-4-5-13/h3,6,9-11,13H,4-5,7-8H2,1-2H3,(H,17,18). The van der Waals surface area contributed by atoms with Crippen LogP contribution in [0, 0.1) is 0 Å². The number of benzene rings is 1. The fourth-order valence-electron chi connectivity index (χ4n) is 2.45. The third-order valence-electron chi connectivity index (χ3n) is 3.75. The number of methoxy groups -OCH3 is 2. The highest BCUT2D eigenvalue weighted by atomic mass is 16.5. The molecule has 0 radical (unpaired) electrons. The summed E-state index contributed by atoms with van der Waals surface area (Å²) < 4.78 is 12.8. The van der Waals surface area contributed by atoms with Gasteiger partial charge in [0.1, 0.15) is 0 Å². The number of anilines is 1. The van der Waals surface area contributed by atoms with Crippen LogP contribution in [0.1, 0.15) is 24.4 Å². The third-order valence-corrected chi connectivity index (χ3v) is 3.75. The first-order chi connectivity index (χ1) is 10.3. The Bertz CT molecular complexity index is 605. The topological polar surface area (TPSA) is 48.3 Å². The first-order valence-corrected chi connectivity index (χ1v) is 7.29. The summed E-state index contributed by atoms with van der Waals surface area (Å²) >= 11 is 0. The van der Waals surface area contributed by atoms with E-state index in [1.54, 1.807) is 14.2 Å². The number of rotatable bonds is 7. The lowest BCUT2D eigenvalue weighted by atomic mass is 10.1. The van der Waals surface area contributed by atoms with Gasteiger partial charge in [-0.25, -0.2) is 4.98 Å². The molecule has 1 aliphatic carbocycles. The van der Waals surface area contributed by atoms with Crippen LogP contribution in [0.5, 0.6) is 11.5 Å². The molecule has 0 atom stereocenters. The maximum absolute atomic E-state index is 5.33. The minimum absolute atomic E-state index is 0.649. The lowest BCUT2D eigenvalue weighted by Crippen LogP contribution is -2.10. The molecule has 5 nitrogen and oxygen atoms in total. The second-order valence-electron chi connectivity index (χ2n) is 5.26. The van der Waals surface area contributed by atoms with Gasteiger partial charge in [0.2, 0.25) is 5.95 Å². The van der Waals surface area contributed by atoms with Crippen LogP contribution in [0.15, 0.2) is 30.6 Å². The number of imidazole rings is 1. The van der Waals surface area contributed by atoms with Gasteiger partial charge in [-0.2, -0.15) is 0 Å². The van der Waals surface area contributed by atoms with Crippen LogP contribution in [0.3, 0.4) is 0 Å². The molecule has 0 unspecified atom stereocenters. The van der Waals surface area contributed by atoms with E-state index in [0.717, 1.165) is 30.4 Å². The first kappa shape index (κ1) is 13.8. The molecule has 0 saturated heterocycles. The summed E-state index contributed by atoms with van der Waals surface area (Å²) in [4.78, 5) is 4.38. The van der Waals surface area contributed by atoms with Crippen molar-refractivity contribution in [1.82, 2.24) is 9.55 Å². The van der Waals surface area contributed by atoms with E-state index >= 15 is 0 Å². The van der Waals surface area contributed by atoms with Gasteiger partial charge in [0.05, 0.1) is 14.2 Å². The van der Waals surface area contributed by atoms with Gasteiger partial charge in [0, 0.05) is 25.0 Å². The van der Waals surface area contributed by atoms with Crippen molar-refractivity contribution in [2.24, 2.45) is 0 Å². The van der Waals surface area contributed by atoms with Crippen molar-refractivity contribution in [2.45, 2.75) is 25.3 Å². The van der Waals surface area contributed by atoms with Crippen LogP contribution in [-0.4, -0.2) is 30.3 Å². The molecule has 0 amide bonds. The molecule has 1 aliphatic rings. The summed E-state index contributed by atoms with van der Waals surface area (Å²) in [6.45, 7) is 0.846. The van der Waals surface area contributed by atoms with Crippen LogP contribution < -0.4 is 14.8 Å². The molecule has 0 spiro atoms. The number of ether oxygens (including phenoxy) is 2. The van der Waals surface area contributed by atoms with Crippen molar-refractivity contribution in [3.05, 3.63) is 36.2 Å². The Balaban J connectivity index is 1.58. The highest BCUT2D eigenvalue weighted by molar-refractivity contribution is 5.43. The van der Waals surface area contributed by atoms with E-state index in [0.29, 0.717) is 6.04 Å². The van der Waals surface area contributed by atoms with E-state index in [-0.39, 0.29) is 0 Å². The lowest BCUT2D eigenvalue weighted by molar-refractivity contribution is 0.354. The minimum Gasteiger partial charge on any atom is -0.493 e. The predicted octanol–water partition coefficient (Wildman–Crippen LogP) is 2.89. The van der Waals surface area contributed by atoms with E-state index in [2.05, 4.69) is 27.1 Å². The highest BCUT2D eigenvalue weighted by Crippen LogP contribution is 2.36. The molecule has 2 aromatic rings. The Morgan fingerprint density at radius 1 is 1.24 bits per heavy atom. The fraction of sp³-hybridized carbons (Fsp3) is 0.438. The molecule has 1 aromatic heterocycles. The Morgan fingerprint density at radius 2 is 2.05 bits per heavy atom. The largest absolute Gasteiger partial charge is 0.493 e. The average molecular weight is 287 g/mol. The highest BCUT2D eigenvalue weighted by Gasteiger charge is 2.25. The van der Waals surface area contributed by atoms with E-state index < -0.39 is 0 Å². The van der Waals surface area contributed by atoms with Crippen molar-refractivity contribution in [2.75, 3.05) is 26.1 Å². The number of nitrogens with one attached hydrogen (secondary N) is 1. The van der Waals surface area contributed by atoms with Crippen LogP contribution >= 0.6 is 0 Å². The Kier molecular flexibility index (Phi) is 3.99. The lowest BCUT2D eigenvalue weighted by Gasteiger charge is -2.11. The molecule has 1 fully saturated rings. The number of nitrogens with zero attached hydrogens (tertiary/aromatic N) is 2. The monoisotopic (exact) mass is 287 g/mol. The van der Waals surface area contributed by atoms with E-state index in [1.165, 1.54) is 18.4 Å². The SMILES string of the molecule is COc1ccc(CCNc2nccn2C2CC2)cc1OC. The number of hydrogen-bond donors (Lipinski definition) is 1. The van der Waals surface area contributed by atoms with Crippen molar-refractivity contribution < 1.29 is 9.47 Å². The minimum atomic E-state index is 0.649. The van der Waals surface area contributed by atoms with Crippen LogP contribution in [0.4, 0.5) is 5.95 Å². The van der Waals surface area contributed by atoms with Gasteiger partial charge >= 0.3 is 0 Å². The molecule has 0 bridgehead atoms. The molecule has 21 heavy (non-hydrogen) atoms. The van der Waals surface area contributed by atoms with Crippen LogP contribution in [0.25, 0.3) is 0 Å². The van der Waals surface area contributed by atoms with Crippen molar-refractivity contribution >= 4 is 5.95 Å². The van der Waals surface area contributed by atoms with Gasteiger partial charge in [-0.05, 0) is 37.0 Å². The zero-order valence-corrected chi connectivity index (χ0v) is 12.5. The maximum atomic E-state index is 5.33. The molecule has 5 heteroatoms. The Hall–Kier alpha value is -2.17. The summed E-state index contributed by atoms with van der Waals surface area (Å²) in [5.41, 5.74) is 1.21. The molecule has 3 rings (SSSR count). The molecule has 1 heterocycles. The fourth-order valence-corrected chi connectivity index (χ4v) is 2.45. The summed E-state index contributed by atoms with van der Waals surface area (Å²) in [5.74, 6) is 2.51.